The fraction of sp³-hybridized carbons (Fsp3) is 0. The van der Waals surface area contributed by atoms with Crippen molar-refractivity contribution in [1.29, 1.82) is 0 Å². The first-order valence-corrected chi connectivity index (χ1v) is 5.89. The van der Waals surface area contributed by atoms with Crippen LogP contribution in [0.1, 0.15) is 10.4 Å². The van der Waals surface area contributed by atoms with Gasteiger partial charge in [0.25, 0.3) is 0 Å². The maximum atomic E-state index is 12.9. The van der Waals surface area contributed by atoms with Gasteiger partial charge in [-0.2, -0.15) is 0 Å². The maximum absolute atomic E-state index is 12.9. The minimum absolute atomic E-state index is 0.308. The Morgan fingerprint density at radius 2 is 1.74 bits per heavy atom. The van der Waals surface area contributed by atoms with Crippen LogP contribution in [0.3, 0.4) is 0 Å². The minimum Gasteiger partial charge on any atom is -0.298 e. The van der Waals surface area contributed by atoms with Crippen LogP contribution in [0.4, 0.5) is 4.39 Å². The van der Waals surface area contributed by atoms with Crippen molar-refractivity contribution >= 4 is 17.2 Å². The van der Waals surface area contributed by atoms with E-state index in [1.54, 1.807) is 18.2 Å². The lowest BCUT2D eigenvalue weighted by Gasteiger charge is -2.06. The van der Waals surface area contributed by atoms with E-state index in [1.165, 1.54) is 12.1 Å². The van der Waals surface area contributed by atoms with Crippen LogP contribution in [-0.4, -0.2) is 11.3 Å². The maximum Gasteiger partial charge on any atom is 0.152 e. The molecular weight excluding hydrogens is 241 g/mol. The molecule has 0 aliphatic heterocycles. The topological polar surface area (TPSA) is 30.0 Å². The highest BCUT2D eigenvalue weighted by Crippen LogP contribution is 2.24. The second-order valence-electron chi connectivity index (χ2n) is 4.24. The summed E-state index contributed by atoms with van der Waals surface area (Å²) < 4.78 is 12.9. The number of hydrogen-bond donors (Lipinski definition) is 0. The number of halogens is 1. The monoisotopic (exact) mass is 251 g/mol. The highest BCUT2D eigenvalue weighted by atomic mass is 19.1. The van der Waals surface area contributed by atoms with E-state index >= 15 is 0 Å². The lowest BCUT2D eigenvalue weighted by Crippen LogP contribution is -1.93. The number of carbonyl (C=O) groups excluding carboxylic acids is 1. The number of benzene rings is 2. The van der Waals surface area contributed by atoms with E-state index in [4.69, 9.17) is 0 Å². The molecule has 3 aromatic rings. The SMILES string of the molecule is O=Cc1cc2ccccc2nc1-c1ccc(F)cc1. The molecule has 0 aliphatic rings. The van der Waals surface area contributed by atoms with E-state index in [9.17, 15) is 9.18 Å². The van der Waals surface area contributed by atoms with Gasteiger partial charge >= 0.3 is 0 Å². The van der Waals surface area contributed by atoms with Crippen LogP contribution in [-0.2, 0) is 0 Å². The van der Waals surface area contributed by atoms with E-state index in [0.29, 0.717) is 11.3 Å². The van der Waals surface area contributed by atoms with E-state index in [0.717, 1.165) is 22.8 Å². The van der Waals surface area contributed by atoms with Crippen molar-refractivity contribution in [3.8, 4) is 11.3 Å². The van der Waals surface area contributed by atoms with Crippen LogP contribution in [0.2, 0.25) is 0 Å². The molecule has 0 spiro atoms. The fourth-order valence-electron chi connectivity index (χ4n) is 2.06. The summed E-state index contributed by atoms with van der Waals surface area (Å²) in [6.07, 6.45) is 0.776. The molecule has 1 heterocycles. The molecule has 0 bridgehead atoms. The number of hydrogen-bond acceptors (Lipinski definition) is 2. The highest BCUT2D eigenvalue weighted by molar-refractivity contribution is 5.93. The van der Waals surface area contributed by atoms with Gasteiger partial charge in [-0.25, -0.2) is 9.37 Å². The Morgan fingerprint density at radius 1 is 1.00 bits per heavy atom. The number of aromatic nitrogens is 1. The molecule has 0 unspecified atom stereocenters. The Hall–Kier alpha value is -2.55. The summed E-state index contributed by atoms with van der Waals surface area (Å²) in [5.74, 6) is -0.308. The number of pyridine rings is 1. The van der Waals surface area contributed by atoms with Crippen molar-refractivity contribution in [3.05, 3.63) is 66.0 Å². The zero-order valence-corrected chi connectivity index (χ0v) is 10.0. The van der Waals surface area contributed by atoms with Crippen LogP contribution in [0.15, 0.2) is 54.6 Å². The van der Waals surface area contributed by atoms with Gasteiger partial charge < -0.3 is 0 Å². The molecule has 3 heteroatoms. The van der Waals surface area contributed by atoms with Gasteiger partial charge in [-0.15, -0.1) is 0 Å². The lowest BCUT2D eigenvalue weighted by atomic mass is 10.0. The standard InChI is InChI=1S/C16H10FNO/c17-14-7-5-11(6-8-14)16-13(10-19)9-12-3-1-2-4-15(12)18-16/h1-10H. The molecular formula is C16H10FNO. The Balaban J connectivity index is 2.26. The molecule has 0 fully saturated rings. The Morgan fingerprint density at radius 3 is 2.47 bits per heavy atom. The normalized spacial score (nSPS) is 10.6. The third kappa shape index (κ3) is 2.10. The number of aldehydes is 1. The molecule has 0 saturated heterocycles. The van der Waals surface area contributed by atoms with Crippen molar-refractivity contribution < 1.29 is 9.18 Å². The van der Waals surface area contributed by atoms with Gasteiger partial charge in [0.15, 0.2) is 6.29 Å². The first-order chi connectivity index (χ1) is 9.28. The molecule has 0 aliphatic carbocycles. The molecule has 0 amide bonds. The second kappa shape index (κ2) is 4.61. The first-order valence-electron chi connectivity index (χ1n) is 5.89. The summed E-state index contributed by atoms with van der Waals surface area (Å²) in [4.78, 5) is 15.7. The average Bonchev–Trinajstić information content (AvgIpc) is 2.46. The van der Waals surface area contributed by atoms with Gasteiger partial charge in [0, 0.05) is 16.5 Å². The molecule has 0 saturated carbocycles. The molecule has 0 N–H and O–H groups in total. The van der Waals surface area contributed by atoms with Gasteiger partial charge in [-0.3, -0.25) is 4.79 Å². The molecule has 1 aromatic heterocycles. The summed E-state index contributed by atoms with van der Waals surface area (Å²) in [5.41, 5.74) is 2.63. The van der Waals surface area contributed by atoms with Gasteiger partial charge in [0.05, 0.1) is 11.2 Å². The summed E-state index contributed by atoms with van der Waals surface area (Å²) in [5, 5.41) is 0.912. The van der Waals surface area contributed by atoms with Crippen molar-refractivity contribution in [2.24, 2.45) is 0 Å². The number of para-hydroxylation sites is 1. The van der Waals surface area contributed by atoms with Crippen LogP contribution < -0.4 is 0 Å². The molecule has 2 aromatic carbocycles. The second-order valence-corrected chi connectivity index (χ2v) is 4.24. The number of carbonyl (C=O) groups is 1. The quantitative estimate of drug-likeness (QED) is 0.647. The molecule has 0 atom stereocenters. The first kappa shape index (κ1) is 11.5. The molecule has 2 nitrogen and oxygen atoms in total. The Kier molecular flexibility index (Phi) is 2.80. The van der Waals surface area contributed by atoms with Crippen LogP contribution in [0.5, 0.6) is 0 Å². The zero-order chi connectivity index (χ0) is 13.2. The van der Waals surface area contributed by atoms with Crippen LogP contribution in [0, 0.1) is 5.82 Å². The smallest absolute Gasteiger partial charge is 0.152 e. The molecule has 92 valence electrons. The summed E-state index contributed by atoms with van der Waals surface area (Å²) in [6.45, 7) is 0. The van der Waals surface area contributed by atoms with Crippen LogP contribution >= 0.6 is 0 Å². The third-order valence-corrected chi connectivity index (χ3v) is 3.00. The Labute approximate surface area is 109 Å². The average molecular weight is 251 g/mol. The van der Waals surface area contributed by atoms with Gasteiger partial charge in [0.1, 0.15) is 5.82 Å². The molecule has 3 rings (SSSR count). The van der Waals surface area contributed by atoms with Crippen molar-refractivity contribution in [2.45, 2.75) is 0 Å². The van der Waals surface area contributed by atoms with Gasteiger partial charge in [-0.05, 0) is 36.4 Å². The van der Waals surface area contributed by atoms with Crippen molar-refractivity contribution in [2.75, 3.05) is 0 Å². The number of fused-ring (bicyclic) bond motifs is 1. The largest absolute Gasteiger partial charge is 0.298 e. The fourth-order valence-corrected chi connectivity index (χ4v) is 2.06. The summed E-state index contributed by atoms with van der Waals surface area (Å²) >= 11 is 0. The predicted molar refractivity (Wildman–Crippen MR) is 72.5 cm³/mol. The van der Waals surface area contributed by atoms with E-state index in [-0.39, 0.29) is 5.82 Å². The lowest BCUT2D eigenvalue weighted by molar-refractivity contribution is 0.112. The Bertz CT molecular complexity index is 750. The summed E-state index contributed by atoms with van der Waals surface area (Å²) in [6, 6.07) is 15.4. The number of nitrogens with zero attached hydrogens (tertiary/aromatic N) is 1. The van der Waals surface area contributed by atoms with E-state index in [2.05, 4.69) is 4.98 Å². The predicted octanol–water partition coefficient (Wildman–Crippen LogP) is 3.85. The van der Waals surface area contributed by atoms with E-state index in [1.807, 2.05) is 24.3 Å². The molecule has 0 radical (unpaired) electrons. The van der Waals surface area contributed by atoms with Crippen molar-refractivity contribution in [3.63, 3.8) is 0 Å². The van der Waals surface area contributed by atoms with Gasteiger partial charge in [0.2, 0.25) is 0 Å². The molecule has 19 heavy (non-hydrogen) atoms. The van der Waals surface area contributed by atoms with Crippen molar-refractivity contribution in [1.82, 2.24) is 4.98 Å². The van der Waals surface area contributed by atoms with E-state index < -0.39 is 0 Å². The zero-order valence-electron chi connectivity index (χ0n) is 10.0. The summed E-state index contributed by atoms with van der Waals surface area (Å²) in [7, 11) is 0. The van der Waals surface area contributed by atoms with Crippen LogP contribution in [0.25, 0.3) is 22.2 Å². The van der Waals surface area contributed by atoms with Gasteiger partial charge in [-0.1, -0.05) is 18.2 Å². The number of rotatable bonds is 2. The third-order valence-electron chi connectivity index (χ3n) is 3.00. The minimum atomic E-state index is -0.308. The highest BCUT2D eigenvalue weighted by Gasteiger charge is 2.08.